The Morgan fingerprint density at radius 3 is 2.77 bits per heavy atom. The molecule has 142 valence electrons. The number of hydrogen-bond donors (Lipinski definition) is 0. The van der Waals surface area contributed by atoms with Crippen LogP contribution in [0, 0.1) is 17.8 Å². The summed E-state index contributed by atoms with van der Waals surface area (Å²) in [5.74, 6) is 0.307. The second-order valence-electron chi connectivity index (χ2n) is 7.35. The normalized spacial score (nSPS) is 23.2. The second-order valence-corrected chi connectivity index (χ2v) is 7.79. The van der Waals surface area contributed by atoms with Crippen LogP contribution in [-0.4, -0.2) is 24.6 Å². The Morgan fingerprint density at radius 1 is 1.31 bits per heavy atom. The molecule has 0 unspecified atom stereocenters. The van der Waals surface area contributed by atoms with Crippen LogP contribution in [0.3, 0.4) is 0 Å². The summed E-state index contributed by atoms with van der Waals surface area (Å²) in [5.41, 5.74) is 0.785. The van der Waals surface area contributed by atoms with Crippen LogP contribution in [0.25, 0.3) is 6.08 Å². The quantitative estimate of drug-likeness (QED) is 0.521. The van der Waals surface area contributed by atoms with Crippen molar-refractivity contribution >= 4 is 29.6 Å². The minimum atomic E-state index is -0.584. The number of carbonyl (C=O) groups excluding carboxylic acids is 2. The molecule has 0 radical (unpaired) electrons. The Hall–Kier alpha value is -1.81. The van der Waals surface area contributed by atoms with E-state index in [-0.39, 0.29) is 12.7 Å². The highest BCUT2D eigenvalue weighted by Gasteiger charge is 2.33. The van der Waals surface area contributed by atoms with Gasteiger partial charge in [-0.2, -0.15) is 0 Å². The monoisotopic (exact) mass is 378 g/mol. The van der Waals surface area contributed by atoms with Gasteiger partial charge in [-0.15, -0.1) is 0 Å². The fourth-order valence-electron chi connectivity index (χ4n) is 3.41. The first-order valence-electron chi connectivity index (χ1n) is 9.15. The van der Waals surface area contributed by atoms with E-state index in [1.807, 2.05) is 6.07 Å². The molecule has 0 bridgehead atoms. The van der Waals surface area contributed by atoms with Crippen molar-refractivity contribution in [3.05, 3.63) is 40.9 Å². The Kier molecular flexibility index (Phi) is 7.70. The van der Waals surface area contributed by atoms with Gasteiger partial charge in [-0.05, 0) is 54.4 Å². The molecule has 0 N–H and O–H groups in total. The second kappa shape index (κ2) is 9.77. The SMILES string of the molecule is CC(C)[C@@H]1CC[C@H](C)C[C@H]1OC(=O)COC(=O)/C=C/c1cccc(Cl)c1. The molecule has 0 spiro atoms. The topological polar surface area (TPSA) is 52.6 Å². The van der Waals surface area contributed by atoms with Gasteiger partial charge in [0.25, 0.3) is 0 Å². The van der Waals surface area contributed by atoms with Crippen molar-refractivity contribution in [2.24, 2.45) is 17.8 Å². The lowest BCUT2D eigenvalue weighted by Gasteiger charge is -2.36. The molecule has 4 nitrogen and oxygen atoms in total. The smallest absolute Gasteiger partial charge is 0.344 e. The minimum absolute atomic E-state index is 0.0908. The zero-order valence-electron chi connectivity index (χ0n) is 15.6. The highest BCUT2D eigenvalue weighted by Crippen LogP contribution is 2.35. The van der Waals surface area contributed by atoms with Crippen LogP contribution < -0.4 is 0 Å². The van der Waals surface area contributed by atoms with Crippen molar-refractivity contribution in [1.29, 1.82) is 0 Å². The van der Waals surface area contributed by atoms with Crippen LogP contribution >= 0.6 is 11.6 Å². The van der Waals surface area contributed by atoms with Crippen LogP contribution in [0.5, 0.6) is 0 Å². The van der Waals surface area contributed by atoms with Crippen molar-refractivity contribution in [3.63, 3.8) is 0 Å². The van der Waals surface area contributed by atoms with Gasteiger partial charge in [0.15, 0.2) is 6.61 Å². The van der Waals surface area contributed by atoms with Crippen molar-refractivity contribution in [3.8, 4) is 0 Å². The molecule has 2 rings (SSSR count). The van der Waals surface area contributed by atoms with E-state index < -0.39 is 11.9 Å². The minimum Gasteiger partial charge on any atom is -0.460 e. The summed E-state index contributed by atoms with van der Waals surface area (Å²) in [6.45, 7) is 6.12. The summed E-state index contributed by atoms with van der Waals surface area (Å²) >= 11 is 5.89. The number of esters is 2. The summed E-state index contributed by atoms with van der Waals surface area (Å²) in [6.07, 6.45) is 5.89. The first kappa shape index (κ1) is 20.5. The van der Waals surface area contributed by atoms with E-state index in [1.54, 1.807) is 24.3 Å². The standard InChI is InChI=1S/C21H27ClO4/c1-14(2)18-9-7-15(3)11-19(18)26-21(24)13-25-20(23)10-8-16-5-4-6-17(22)12-16/h4-6,8,10,12,14-15,18-19H,7,9,11,13H2,1-3H3/b10-8+/t15-,18-,19+/m0/s1. The number of halogens is 1. The predicted molar refractivity (Wildman–Crippen MR) is 103 cm³/mol. The number of benzene rings is 1. The van der Waals surface area contributed by atoms with E-state index in [4.69, 9.17) is 21.1 Å². The Balaban J connectivity index is 1.81. The van der Waals surface area contributed by atoms with E-state index in [1.165, 1.54) is 12.5 Å². The maximum absolute atomic E-state index is 12.1. The van der Waals surface area contributed by atoms with E-state index in [0.29, 0.717) is 22.8 Å². The van der Waals surface area contributed by atoms with E-state index >= 15 is 0 Å². The van der Waals surface area contributed by atoms with Gasteiger partial charge >= 0.3 is 11.9 Å². The fourth-order valence-corrected chi connectivity index (χ4v) is 3.60. The molecule has 0 aromatic heterocycles. The number of ether oxygens (including phenoxy) is 2. The maximum atomic E-state index is 12.1. The molecule has 1 fully saturated rings. The highest BCUT2D eigenvalue weighted by molar-refractivity contribution is 6.30. The number of hydrogen-bond acceptors (Lipinski definition) is 4. The van der Waals surface area contributed by atoms with E-state index in [2.05, 4.69) is 20.8 Å². The van der Waals surface area contributed by atoms with Gasteiger partial charge in [-0.25, -0.2) is 9.59 Å². The highest BCUT2D eigenvalue weighted by atomic mass is 35.5. The van der Waals surface area contributed by atoms with Gasteiger partial charge in [-0.3, -0.25) is 0 Å². The first-order chi connectivity index (χ1) is 12.3. The largest absolute Gasteiger partial charge is 0.460 e. The van der Waals surface area contributed by atoms with Crippen molar-refractivity contribution < 1.29 is 19.1 Å². The molecule has 1 aromatic carbocycles. The summed E-state index contributed by atoms with van der Waals surface area (Å²) in [7, 11) is 0. The number of carbonyl (C=O) groups is 2. The van der Waals surface area contributed by atoms with Crippen molar-refractivity contribution in [1.82, 2.24) is 0 Å². The molecule has 1 aliphatic rings. The lowest BCUT2D eigenvalue weighted by atomic mass is 9.75. The lowest BCUT2D eigenvalue weighted by molar-refractivity contribution is -0.165. The molecule has 0 heterocycles. The van der Waals surface area contributed by atoms with Gasteiger partial charge in [0.05, 0.1) is 0 Å². The molecule has 1 aliphatic carbocycles. The molecule has 1 aromatic rings. The van der Waals surface area contributed by atoms with Gasteiger partial charge in [-0.1, -0.05) is 50.9 Å². The molecule has 0 saturated heterocycles. The molecule has 3 atom stereocenters. The third kappa shape index (κ3) is 6.49. The van der Waals surface area contributed by atoms with Gasteiger partial charge in [0.2, 0.25) is 0 Å². The molecule has 5 heteroatoms. The third-order valence-corrected chi connectivity index (χ3v) is 5.07. The van der Waals surface area contributed by atoms with Gasteiger partial charge in [0, 0.05) is 11.1 Å². The molecule has 26 heavy (non-hydrogen) atoms. The summed E-state index contributed by atoms with van der Waals surface area (Å²) in [4.78, 5) is 23.8. The van der Waals surface area contributed by atoms with Crippen LogP contribution in [0.15, 0.2) is 30.3 Å². The maximum Gasteiger partial charge on any atom is 0.344 e. The Labute approximate surface area is 160 Å². The lowest BCUT2D eigenvalue weighted by Crippen LogP contribution is -2.36. The Bertz CT molecular complexity index is 653. The van der Waals surface area contributed by atoms with Crippen molar-refractivity contribution in [2.75, 3.05) is 6.61 Å². The third-order valence-electron chi connectivity index (χ3n) is 4.84. The van der Waals surface area contributed by atoms with Gasteiger partial charge in [0.1, 0.15) is 6.10 Å². The predicted octanol–water partition coefficient (Wildman–Crippen LogP) is 4.90. The first-order valence-corrected chi connectivity index (χ1v) is 9.53. The fraction of sp³-hybridized carbons (Fsp3) is 0.524. The molecule has 0 amide bonds. The van der Waals surface area contributed by atoms with Crippen LogP contribution in [0.4, 0.5) is 0 Å². The van der Waals surface area contributed by atoms with Crippen molar-refractivity contribution in [2.45, 2.75) is 46.1 Å². The van der Waals surface area contributed by atoms with Gasteiger partial charge < -0.3 is 9.47 Å². The average molecular weight is 379 g/mol. The van der Waals surface area contributed by atoms with Crippen LogP contribution in [0.2, 0.25) is 5.02 Å². The summed E-state index contributed by atoms with van der Waals surface area (Å²) in [6, 6.07) is 7.10. The molecule has 1 saturated carbocycles. The Morgan fingerprint density at radius 2 is 2.08 bits per heavy atom. The van der Waals surface area contributed by atoms with E-state index in [0.717, 1.165) is 18.4 Å². The van der Waals surface area contributed by atoms with Crippen LogP contribution in [0.1, 0.15) is 45.6 Å². The molecular weight excluding hydrogens is 352 g/mol. The molecule has 0 aliphatic heterocycles. The zero-order valence-corrected chi connectivity index (χ0v) is 16.4. The van der Waals surface area contributed by atoms with E-state index in [9.17, 15) is 9.59 Å². The van der Waals surface area contributed by atoms with Crippen LogP contribution in [-0.2, 0) is 19.1 Å². The summed E-state index contributed by atoms with van der Waals surface area (Å²) in [5, 5.41) is 0.588. The number of rotatable bonds is 6. The summed E-state index contributed by atoms with van der Waals surface area (Å²) < 4.78 is 10.6. The zero-order chi connectivity index (χ0) is 19.1. The average Bonchev–Trinajstić information content (AvgIpc) is 2.58. The molecular formula is C21H27ClO4.